The van der Waals surface area contributed by atoms with Gasteiger partial charge in [0.2, 0.25) is 0 Å². The molecule has 1 atom stereocenters. The molecule has 0 saturated heterocycles. The first kappa shape index (κ1) is 60.6. The third-order valence-electron chi connectivity index (χ3n) is 11.2. The number of allylic oxidation sites excluding steroid dienone is 14. The van der Waals surface area contributed by atoms with Crippen molar-refractivity contribution in [3.8, 4) is 0 Å². The molecule has 0 spiro atoms. The minimum atomic E-state index is -0.803. The second kappa shape index (κ2) is 52.2. The van der Waals surface area contributed by atoms with E-state index in [9.17, 15) is 14.4 Å². The highest BCUT2D eigenvalue weighted by atomic mass is 16.6. The van der Waals surface area contributed by atoms with Crippen LogP contribution in [0.25, 0.3) is 0 Å². The van der Waals surface area contributed by atoms with Crippen molar-refractivity contribution in [2.24, 2.45) is 0 Å². The molecule has 64 heavy (non-hydrogen) atoms. The standard InChI is InChI=1S/C58H98O6/c1-4-7-10-13-16-19-22-25-27-28-29-30-31-34-36-39-42-45-48-51-57(60)63-54-55(53-62-56(59)50-47-44-41-38-35-32-24-21-18-15-12-9-6-3)64-58(61)52-49-46-43-40-37-33-26-23-20-17-14-11-8-5-2/h8-9,11-12,15,17-18,20-21,24,26,32-33,35,55H,4-7,10,13-14,16,19,22-23,25,27-31,34,36-54H2,1-3H3/b11-8-,12-9-,18-15-,20-17-,24-21-,33-26-,35-32-. The van der Waals surface area contributed by atoms with Crippen LogP contribution in [0.5, 0.6) is 0 Å². The molecular weight excluding hydrogens is 793 g/mol. The molecule has 366 valence electrons. The normalized spacial score (nSPS) is 12.7. The zero-order valence-electron chi connectivity index (χ0n) is 41.8. The summed E-state index contributed by atoms with van der Waals surface area (Å²) < 4.78 is 16.8. The topological polar surface area (TPSA) is 78.9 Å². The summed E-state index contributed by atoms with van der Waals surface area (Å²) in [6, 6.07) is 0. The van der Waals surface area contributed by atoms with Crippen molar-refractivity contribution in [3.05, 3.63) is 85.1 Å². The fraction of sp³-hybridized carbons (Fsp3) is 0.707. The Balaban J connectivity index is 4.40. The fourth-order valence-electron chi connectivity index (χ4n) is 7.29. The van der Waals surface area contributed by atoms with Gasteiger partial charge < -0.3 is 14.2 Å². The molecule has 0 radical (unpaired) electrons. The van der Waals surface area contributed by atoms with Crippen LogP contribution in [0, 0.1) is 0 Å². The van der Waals surface area contributed by atoms with Crippen molar-refractivity contribution in [1.29, 1.82) is 0 Å². The number of esters is 3. The van der Waals surface area contributed by atoms with E-state index in [0.29, 0.717) is 19.3 Å². The summed E-state index contributed by atoms with van der Waals surface area (Å²) in [5.74, 6) is -0.958. The van der Waals surface area contributed by atoms with Crippen LogP contribution in [-0.2, 0) is 28.6 Å². The maximum Gasteiger partial charge on any atom is 0.306 e. The molecule has 0 aromatic rings. The monoisotopic (exact) mass is 891 g/mol. The van der Waals surface area contributed by atoms with Crippen molar-refractivity contribution < 1.29 is 28.6 Å². The van der Waals surface area contributed by atoms with Gasteiger partial charge in [-0.2, -0.15) is 0 Å². The van der Waals surface area contributed by atoms with Crippen LogP contribution in [0.4, 0.5) is 0 Å². The number of hydrogen-bond acceptors (Lipinski definition) is 6. The van der Waals surface area contributed by atoms with Gasteiger partial charge in [0.05, 0.1) is 0 Å². The second-order valence-corrected chi connectivity index (χ2v) is 17.5. The highest BCUT2D eigenvalue weighted by Crippen LogP contribution is 2.16. The largest absolute Gasteiger partial charge is 0.462 e. The molecule has 0 aromatic carbocycles. The first-order chi connectivity index (χ1) is 31.5. The number of rotatable bonds is 47. The summed E-state index contributed by atoms with van der Waals surface area (Å²) in [5, 5.41) is 0. The minimum absolute atomic E-state index is 0.0973. The average molecular weight is 891 g/mol. The zero-order valence-corrected chi connectivity index (χ0v) is 41.8. The predicted molar refractivity (Wildman–Crippen MR) is 274 cm³/mol. The molecular formula is C58H98O6. The minimum Gasteiger partial charge on any atom is -0.462 e. The summed E-state index contributed by atoms with van der Waals surface area (Å²) in [5.41, 5.74) is 0. The molecule has 0 saturated carbocycles. The average Bonchev–Trinajstić information content (AvgIpc) is 3.29. The van der Waals surface area contributed by atoms with E-state index in [1.165, 1.54) is 103 Å². The Morgan fingerprint density at radius 3 is 1.16 bits per heavy atom. The highest BCUT2D eigenvalue weighted by molar-refractivity contribution is 5.71. The van der Waals surface area contributed by atoms with Crippen molar-refractivity contribution in [2.75, 3.05) is 13.2 Å². The molecule has 1 unspecified atom stereocenters. The van der Waals surface area contributed by atoms with Crippen LogP contribution in [0.3, 0.4) is 0 Å². The van der Waals surface area contributed by atoms with Crippen molar-refractivity contribution in [1.82, 2.24) is 0 Å². The van der Waals surface area contributed by atoms with E-state index in [0.717, 1.165) is 103 Å². The van der Waals surface area contributed by atoms with Crippen molar-refractivity contribution >= 4 is 17.9 Å². The Labute approximate surface area is 395 Å². The Hall–Kier alpha value is -3.41. The van der Waals surface area contributed by atoms with Crippen molar-refractivity contribution in [2.45, 2.75) is 252 Å². The molecule has 6 heteroatoms. The number of unbranched alkanes of at least 4 members (excludes halogenated alkanes) is 25. The Morgan fingerprint density at radius 2 is 0.688 bits per heavy atom. The lowest BCUT2D eigenvalue weighted by Crippen LogP contribution is -2.30. The van der Waals surface area contributed by atoms with Gasteiger partial charge in [-0.15, -0.1) is 0 Å². The molecule has 0 rings (SSSR count). The lowest BCUT2D eigenvalue weighted by molar-refractivity contribution is -0.167. The number of carbonyl (C=O) groups is 3. The van der Waals surface area contributed by atoms with E-state index in [4.69, 9.17) is 14.2 Å². The van der Waals surface area contributed by atoms with E-state index in [1.807, 2.05) is 36.5 Å². The second-order valence-electron chi connectivity index (χ2n) is 17.5. The molecule has 0 N–H and O–H groups in total. The Morgan fingerprint density at radius 1 is 0.344 bits per heavy atom. The highest BCUT2D eigenvalue weighted by Gasteiger charge is 2.19. The van der Waals surface area contributed by atoms with Gasteiger partial charge in [-0.25, -0.2) is 0 Å². The maximum atomic E-state index is 12.8. The van der Waals surface area contributed by atoms with Crippen LogP contribution in [0.15, 0.2) is 85.1 Å². The number of hydrogen-bond donors (Lipinski definition) is 0. The molecule has 0 fully saturated rings. The smallest absolute Gasteiger partial charge is 0.306 e. The van der Waals surface area contributed by atoms with Crippen LogP contribution in [-0.4, -0.2) is 37.2 Å². The Bertz CT molecular complexity index is 1250. The quantitative estimate of drug-likeness (QED) is 0.0199. The summed E-state index contributed by atoms with van der Waals surface area (Å²) in [4.78, 5) is 38.0. The first-order valence-electron chi connectivity index (χ1n) is 26.6. The molecule has 0 heterocycles. The van der Waals surface area contributed by atoms with Gasteiger partial charge in [-0.1, -0.05) is 241 Å². The number of carbonyl (C=O) groups excluding carboxylic acids is 3. The third-order valence-corrected chi connectivity index (χ3v) is 11.2. The molecule has 6 nitrogen and oxygen atoms in total. The van der Waals surface area contributed by atoms with Gasteiger partial charge in [0.1, 0.15) is 13.2 Å². The molecule has 0 aliphatic rings. The number of ether oxygens (including phenoxy) is 3. The summed E-state index contributed by atoms with van der Waals surface area (Å²) in [6.45, 7) is 6.34. The summed E-state index contributed by atoms with van der Waals surface area (Å²) in [7, 11) is 0. The molecule has 0 aliphatic carbocycles. The van der Waals surface area contributed by atoms with E-state index < -0.39 is 6.10 Å². The molecule has 0 aromatic heterocycles. The van der Waals surface area contributed by atoms with Gasteiger partial charge in [0.25, 0.3) is 0 Å². The zero-order chi connectivity index (χ0) is 46.5. The molecule has 0 amide bonds. The fourth-order valence-corrected chi connectivity index (χ4v) is 7.29. The van der Waals surface area contributed by atoms with Crippen LogP contribution < -0.4 is 0 Å². The van der Waals surface area contributed by atoms with E-state index in [1.54, 1.807) is 0 Å². The van der Waals surface area contributed by atoms with Crippen LogP contribution in [0.2, 0.25) is 0 Å². The summed E-state index contributed by atoms with van der Waals surface area (Å²) >= 11 is 0. The third kappa shape index (κ3) is 49.6. The van der Waals surface area contributed by atoms with Gasteiger partial charge in [0, 0.05) is 19.3 Å². The van der Waals surface area contributed by atoms with E-state index in [2.05, 4.69) is 69.4 Å². The first-order valence-corrected chi connectivity index (χ1v) is 26.6. The van der Waals surface area contributed by atoms with Gasteiger partial charge in [-0.05, 0) is 70.6 Å². The Kier molecular flexibility index (Phi) is 49.4. The van der Waals surface area contributed by atoms with E-state index in [-0.39, 0.29) is 31.1 Å². The maximum absolute atomic E-state index is 12.8. The lowest BCUT2D eigenvalue weighted by atomic mass is 10.0. The molecule has 0 aliphatic heterocycles. The summed E-state index contributed by atoms with van der Waals surface area (Å²) in [6.07, 6.45) is 67.2. The van der Waals surface area contributed by atoms with Gasteiger partial charge >= 0.3 is 17.9 Å². The van der Waals surface area contributed by atoms with E-state index >= 15 is 0 Å². The van der Waals surface area contributed by atoms with Crippen molar-refractivity contribution in [3.63, 3.8) is 0 Å². The SMILES string of the molecule is CC\C=C/C=C\C=C/C=C\CCCCCC(=O)OCC(COC(=O)CCCCCCCCCCCCCCCCCCCCC)OC(=O)CCCCCC/C=C\C/C=C\C/C=C\CC. The lowest BCUT2D eigenvalue weighted by Gasteiger charge is -2.18. The van der Waals surface area contributed by atoms with Crippen LogP contribution >= 0.6 is 0 Å². The predicted octanol–water partition coefficient (Wildman–Crippen LogP) is 17.6. The van der Waals surface area contributed by atoms with Gasteiger partial charge in [0.15, 0.2) is 6.10 Å². The van der Waals surface area contributed by atoms with Crippen LogP contribution in [0.1, 0.15) is 245 Å². The molecule has 0 bridgehead atoms. The van der Waals surface area contributed by atoms with Gasteiger partial charge in [-0.3, -0.25) is 14.4 Å².